The average Bonchev–Trinajstić information content (AvgIpc) is 2.64. The molecular weight excluding hydrogens is 238 g/mol. The molecule has 2 aromatic rings. The highest BCUT2D eigenvalue weighted by atomic mass is 16.4. The van der Waals surface area contributed by atoms with Crippen molar-refractivity contribution in [2.24, 2.45) is 0 Å². The number of hydrogen-bond donors (Lipinski definition) is 0. The molecule has 4 heteroatoms. The van der Waals surface area contributed by atoms with Crippen LogP contribution >= 0.6 is 0 Å². The predicted octanol–water partition coefficient (Wildman–Crippen LogP) is 2.42. The summed E-state index contributed by atoms with van der Waals surface area (Å²) in [5.74, 6) is 0. The number of piperidine rings is 1. The van der Waals surface area contributed by atoms with Crippen molar-refractivity contribution in [2.75, 3.05) is 31.1 Å². The molecule has 3 fully saturated rings. The standard InChI is InChI=1S/C15H19N3O/c1-11-3-2-4-13-14(11)16-15(19-13)18-10-9-17-7-5-12(18)6-8-17/h2-4,12H,5-10H2,1H3. The Bertz CT molecular complexity index is 598. The summed E-state index contributed by atoms with van der Waals surface area (Å²) in [4.78, 5) is 9.66. The molecule has 0 atom stereocenters. The van der Waals surface area contributed by atoms with Gasteiger partial charge in [0.1, 0.15) is 5.52 Å². The second-order valence-electron chi connectivity index (χ2n) is 5.68. The fraction of sp³-hybridized carbons (Fsp3) is 0.533. The van der Waals surface area contributed by atoms with Gasteiger partial charge in [0.05, 0.1) is 0 Å². The van der Waals surface area contributed by atoms with Gasteiger partial charge in [-0.1, -0.05) is 12.1 Å². The maximum absolute atomic E-state index is 5.99. The Labute approximate surface area is 113 Å². The molecule has 2 bridgehead atoms. The van der Waals surface area contributed by atoms with Crippen molar-refractivity contribution in [1.82, 2.24) is 9.88 Å². The van der Waals surface area contributed by atoms with Crippen LogP contribution in [0.5, 0.6) is 0 Å². The molecule has 100 valence electrons. The molecule has 4 nitrogen and oxygen atoms in total. The summed E-state index contributed by atoms with van der Waals surface area (Å²) in [6.45, 7) is 6.71. The minimum Gasteiger partial charge on any atom is -0.423 e. The highest BCUT2D eigenvalue weighted by Gasteiger charge is 2.31. The van der Waals surface area contributed by atoms with Crippen molar-refractivity contribution in [3.05, 3.63) is 23.8 Å². The Morgan fingerprint density at radius 2 is 2.00 bits per heavy atom. The third kappa shape index (κ3) is 1.82. The molecule has 19 heavy (non-hydrogen) atoms. The fourth-order valence-corrected chi connectivity index (χ4v) is 3.34. The van der Waals surface area contributed by atoms with Crippen LogP contribution in [-0.2, 0) is 0 Å². The number of nitrogens with zero attached hydrogens (tertiary/aromatic N) is 3. The van der Waals surface area contributed by atoms with Crippen LogP contribution in [0, 0.1) is 6.92 Å². The molecule has 3 aliphatic heterocycles. The van der Waals surface area contributed by atoms with E-state index in [0.717, 1.165) is 30.2 Å². The van der Waals surface area contributed by atoms with Crippen molar-refractivity contribution in [1.29, 1.82) is 0 Å². The van der Waals surface area contributed by atoms with E-state index in [1.54, 1.807) is 0 Å². The van der Waals surface area contributed by atoms with E-state index in [0.29, 0.717) is 6.04 Å². The first-order valence-corrected chi connectivity index (χ1v) is 7.16. The van der Waals surface area contributed by atoms with Crippen LogP contribution in [0.25, 0.3) is 11.1 Å². The average molecular weight is 257 g/mol. The van der Waals surface area contributed by atoms with Gasteiger partial charge < -0.3 is 14.2 Å². The van der Waals surface area contributed by atoms with Crippen molar-refractivity contribution in [3.8, 4) is 0 Å². The summed E-state index contributed by atoms with van der Waals surface area (Å²) in [6.07, 6.45) is 2.47. The van der Waals surface area contributed by atoms with Crippen LogP contribution in [0.15, 0.2) is 22.6 Å². The van der Waals surface area contributed by atoms with E-state index in [2.05, 4.69) is 22.8 Å². The van der Waals surface area contributed by atoms with Crippen LogP contribution in [0.2, 0.25) is 0 Å². The molecule has 0 saturated carbocycles. The van der Waals surface area contributed by atoms with Crippen LogP contribution in [-0.4, -0.2) is 42.1 Å². The zero-order valence-electron chi connectivity index (χ0n) is 11.3. The number of anilines is 1. The Hall–Kier alpha value is -1.55. The predicted molar refractivity (Wildman–Crippen MR) is 75.6 cm³/mol. The van der Waals surface area contributed by atoms with Gasteiger partial charge in [0.2, 0.25) is 0 Å². The normalized spacial score (nSPS) is 26.9. The van der Waals surface area contributed by atoms with Crippen LogP contribution in [0.1, 0.15) is 18.4 Å². The van der Waals surface area contributed by atoms with Crippen LogP contribution < -0.4 is 4.90 Å². The Morgan fingerprint density at radius 1 is 1.16 bits per heavy atom. The first kappa shape index (κ1) is 11.3. The Kier molecular flexibility index (Phi) is 2.52. The molecular formula is C15H19N3O. The van der Waals surface area contributed by atoms with E-state index in [1.807, 2.05) is 12.1 Å². The first-order chi connectivity index (χ1) is 9.31. The van der Waals surface area contributed by atoms with Gasteiger partial charge >= 0.3 is 0 Å². The lowest BCUT2D eigenvalue weighted by Crippen LogP contribution is -2.38. The maximum Gasteiger partial charge on any atom is 0.298 e. The number of para-hydroxylation sites is 1. The lowest BCUT2D eigenvalue weighted by atomic mass is 10.1. The quantitative estimate of drug-likeness (QED) is 0.785. The number of aromatic nitrogens is 1. The SMILES string of the molecule is Cc1cccc2oc(N3CCN4CCC3CC4)nc12. The first-order valence-electron chi connectivity index (χ1n) is 7.16. The molecule has 0 unspecified atom stereocenters. The molecule has 0 amide bonds. The van der Waals surface area contributed by atoms with Gasteiger partial charge in [0.25, 0.3) is 6.01 Å². The molecule has 0 aliphatic carbocycles. The number of hydrogen-bond acceptors (Lipinski definition) is 4. The number of aryl methyl sites for hydroxylation is 1. The zero-order chi connectivity index (χ0) is 12.8. The minimum atomic E-state index is 0.604. The Balaban J connectivity index is 1.75. The van der Waals surface area contributed by atoms with Gasteiger partial charge in [0, 0.05) is 32.2 Å². The van der Waals surface area contributed by atoms with Crippen molar-refractivity contribution in [3.63, 3.8) is 0 Å². The second kappa shape index (κ2) is 4.23. The lowest BCUT2D eigenvalue weighted by molar-refractivity contribution is 0.249. The summed E-state index contributed by atoms with van der Waals surface area (Å²) in [7, 11) is 0. The smallest absolute Gasteiger partial charge is 0.298 e. The fourth-order valence-electron chi connectivity index (χ4n) is 3.34. The largest absolute Gasteiger partial charge is 0.423 e. The molecule has 3 aliphatic rings. The van der Waals surface area contributed by atoms with Gasteiger partial charge in [-0.2, -0.15) is 4.98 Å². The van der Waals surface area contributed by atoms with Gasteiger partial charge in [-0.15, -0.1) is 0 Å². The van der Waals surface area contributed by atoms with Crippen LogP contribution in [0.4, 0.5) is 6.01 Å². The topological polar surface area (TPSA) is 32.5 Å². The molecule has 4 heterocycles. The van der Waals surface area contributed by atoms with E-state index in [9.17, 15) is 0 Å². The van der Waals surface area contributed by atoms with Gasteiger partial charge in [0.15, 0.2) is 5.58 Å². The van der Waals surface area contributed by atoms with Crippen molar-refractivity contribution < 1.29 is 4.42 Å². The summed E-state index contributed by atoms with van der Waals surface area (Å²) < 4.78 is 5.99. The third-order valence-corrected chi connectivity index (χ3v) is 4.51. The van der Waals surface area contributed by atoms with Gasteiger partial charge in [-0.3, -0.25) is 0 Å². The van der Waals surface area contributed by atoms with Crippen molar-refractivity contribution >= 4 is 17.1 Å². The maximum atomic E-state index is 5.99. The van der Waals surface area contributed by atoms with E-state index >= 15 is 0 Å². The number of benzene rings is 1. The monoisotopic (exact) mass is 257 g/mol. The highest BCUT2D eigenvalue weighted by molar-refractivity contribution is 5.78. The van der Waals surface area contributed by atoms with Crippen LogP contribution in [0.3, 0.4) is 0 Å². The molecule has 0 radical (unpaired) electrons. The Morgan fingerprint density at radius 3 is 2.79 bits per heavy atom. The lowest BCUT2D eigenvalue weighted by Gasteiger charge is -2.30. The van der Waals surface area contributed by atoms with E-state index in [1.165, 1.54) is 31.5 Å². The molecule has 3 saturated heterocycles. The summed E-state index contributed by atoms with van der Waals surface area (Å²) in [6, 6.07) is 7.56. The van der Waals surface area contributed by atoms with Crippen molar-refractivity contribution in [2.45, 2.75) is 25.8 Å². The number of oxazole rings is 1. The summed E-state index contributed by atoms with van der Waals surface area (Å²) in [5, 5.41) is 0. The number of fused-ring (bicyclic) bond motifs is 5. The molecule has 0 N–H and O–H groups in total. The molecule has 1 aromatic heterocycles. The van der Waals surface area contributed by atoms with Gasteiger partial charge in [-0.25, -0.2) is 0 Å². The number of rotatable bonds is 1. The summed E-state index contributed by atoms with van der Waals surface area (Å²) >= 11 is 0. The molecule has 0 spiro atoms. The van der Waals surface area contributed by atoms with E-state index < -0.39 is 0 Å². The summed E-state index contributed by atoms with van der Waals surface area (Å²) in [5.41, 5.74) is 3.11. The van der Waals surface area contributed by atoms with E-state index in [4.69, 9.17) is 9.40 Å². The molecule has 1 aromatic carbocycles. The molecule has 5 rings (SSSR count). The third-order valence-electron chi connectivity index (χ3n) is 4.51. The zero-order valence-corrected chi connectivity index (χ0v) is 11.3. The minimum absolute atomic E-state index is 0.604. The van der Waals surface area contributed by atoms with E-state index in [-0.39, 0.29) is 0 Å². The highest BCUT2D eigenvalue weighted by Crippen LogP contribution is 2.29. The van der Waals surface area contributed by atoms with Gasteiger partial charge in [-0.05, 0) is 31.4 Å². The second-order valence-corrected chi connectivity index (χ2v) is 5.68.